The molecule has 0 radical (unpaired) electrons. The van der Waals surface area contributed by atoms with Gasteiger partial charge in [-0.15, -0.1) is 0 Å². The maximum Gasteiger partial charge on any atom is 0.303 e. The number of carboxylic acids is 1. The predicted molar refractivity (Wildman–Crippen MR) is 54.0 cm³/mol. The number of rotatable bonds is 5. The molecule has 0 aliphatic rings. The first-order valence-electron chi connectivity index (χ1n) is 4.67. The third kappa shape index (κ3) is 3.22. The summed E-state index contributed by atoms with van der Waals surface area (Å²) in [6, 6.07) is 3.89. The van der Waals surface area contributed by atoms with Crippen LogP contribution in [0, 0.1) is 0 Å². The van der Waals surface area contributed by atoms with E-state index in [1.54, 1.807) is 0 Å². The van der Waals surface area contributed by atoms with Crippen LogP contribution < -0.4 is 5.73 Å². The second kappa shape index (κ2) is 4.81. The van der Waals surface area contributed by atoms with Crippen molar-refractivity contribution in [1.29, 1.82) is 0 Å². The zero-order valence-electron chi connectivity index (χ0n) is 8.31. The lowest BCUT2D eigenvalue weighted by molar-refractivity contribution is -0.137. The number of nitrogens with zero attached hydrogens (tertiary/aromatic N) is 1. The summed E-state index contributed by atoms with van der Waals surface area (Å²) in [5.74, 6) is -0.785. The van der Waals surface area contributed by atoms with Crippen molar-refractivity contribution in [3.63, 3.8) is 0 Å². The van der Waals surface area contributed by atoms with E-state index in [1.165, 1.54) is 0 Å². The molecule has 4 nitrogen and oxygen atoms in total. The summed E-state index contributed by atoms with van der Waals surface area (Å²) >= 11 is 0. The first kappa shape index (κ1) is 10.8. The molecule has 1 aromatic heterocycles. The number of nitrogens with two attached hydrogens (primary N) is 1. The third-order valence-electron chi connectivity index (χ3n) is 2.25. The first-order chi connectivity index (χ1) is 6.59. The number of carboxylic acid groups (broad SMARTS) is 1. The molecule has 0 amide bonds. The summed E-state index contributed by atoms with van der Waals surface area (Å²) in [5, 5.41) is 8.48. The van der Waals surface area contributed by atoms with Crippen LogP contribution in [-0.2, 0) is 18.3 Å². The van der Waals surface area contributed by atoms with E-state index in [1.807, 2.05) is 29.9 Å². The fraction of sp³-hybridized carbons (Fsp3) is 0.500. The Balaban J connectivity index is 2.37. The van der Waals surface area contributed by atoms with Crippen LogP contribution in [0.4, 0.5) is 0 Å². The highest BCUT2D eigenvalue weighted by molar-refractivity contribution is 5.66. The molecule has 1 rings (SSSR count). The molecule has 78 valence electrons. The summed E-state index contributed by atoms with van der Waals surface area (Å²) in [6.45, 7) is 0. The van der Waals surface area contributed by atoms with Gasteiger partial charge in [0, 0.05) is 37.8 Å². The molecule has 1 atom stereocenters. The molecule has 1 aromatic rings. The highest BCUT2D eigenvalue weighted by Gasteiger charge is 2.08. The quantitative estimate of drug-likeness (QED) is 0.730. The van der Waals surface area contributed by atoms with E-state index in [0.717, 1.165) is 12.1 Å². The van der Waals surface area contributed by atoms with Crippen LogP contribution in [0.2, 0.25) is 0 Å². The Labute approximate surface area is 83.3 Å². The van der Waals surface area contributed by atoms with E-state index in [-0.39, 0.29) is 12.5 Å². The highest BCUT2D eigenvalue weighted by Crippen LogP contribution is 2.06. The van der Waals surface area contributed by atoms with E-state index in [9.17, 15) is 4.79 Å². The van der Waals surface area contributed by atoms with Gasteiger partial charge in [-0.25, -0.2) is 0 Å². The van der Waals surface area contributed by atoms with Gasteiger partial charge in [-0.2, -0.15) is 0 Å². The Bertz CT molecular complexity index is 307. The van der Waals surface area contributed by atoms with Crippen molar-refractivity contribution >= 4 is 5.97 Å². The summed E-state index contributed by atoms with van der Waals surface area (Å²) in [4.78, 5) is 10.3. The highest BCUT2D eigenvalue weighted by atomic mass is 16.4. The molecule has 0 spiro atoms. The lowest BCUT2D eigenvalue weighted by atomic mass is 10.1. The van der Waals surface area contributed by atoms with Gasteiger partial charge in [-0.05, 0) is 18.6 Å². The van der Waals surface area contributed by atoms with E-state index in [0.29, 0.717) is 6.42 Å². The summed E-state index contributed by atoms with van der Waals surface area (Å²) in [5.41, 5.74) is 6.95. The SMILES string of the molecule is Cn1cccc1CC(N)CCC(=O)O. The largest absolute Gasteiger partial charge is 0.481 e. The van der Waals surface area contributed by atoms with Gasteiger partial charge in [0.15, 0.2) is 0 Å². The molecule has 3 N–H and O–H groups in total. The zero-order chi connectivity index (χ0) is 10.6. The van der Waals surface area contributed by atoms with Crippen LogP contribution in [0.3, 0.4) is 0 Å². The molecule has 14 heavy (non-hydrogen) atoms. The van der Waals surface area contributed by atoms with Gasteiger partial charge in [0.05, 0.1) is 0 Å². The monoisotopic (exact) mass is 196 g/mol. The van der Waals surface area contributed by atoms with Crippen molar-refractivity contribution in [1.82, 2.24) is 4.57 Å². The van der Waals surface area contributed by atoms with Gasteiger partial charge in [-0.1, -0.05) is 0 Å². The number of hydrogen-bond donors (Lipinski definition) is 2. The lowest BCUT2D eigenvalue weighted by Crippen LogP contribution is -2.24. The minimum absolute atomic E-state index is 0.0697. The van der Waals surface area contributed by atoms with Crippen LogP contribution in [-0.4, -0.2) is 21.7 Å². The van der Waals surface area contributed by atoms with E-state index < -0.39 is 5.97 Å². The van der Waals surface area contributed by atoms with Crippen LogP contribution in [0.25, 0.3) is 0 Å². The van der Waals surface area contributed by atoms with E-state index >= 15 is 0 Å². The summed E-state index contributed by atoms with van der Waals surface area (Å²) < 4.78 is 2.00. The van der Waals surface area contributed by atoms with Crippen molar-refractivity contribution in [2.45, 2.75) is 25.3 Å². The molecule has 0 fully saturated rings. The molecule has 0 aliphatic heterocycles. The van der Waals surface area contributed by atoms with Gasteiger partial charge in [-0.3, -0.25) is 4.79 Å². The molecular weight excluding hydrogens is 180 g/mol. The molecule has 0 bridgehead atoms. The van der Waals surface area contributed by atoms with Crippen molar-refractivity contribution in [2.24, 2.45) is 12.8 Å². The molecule has 1 unspecified atom stereocenters. The molecular formula is C10H16N2O2. The van der Waals surface area contributed by atoms with E-state index in [2.05, 4.69) is 0 Å². The Morgan fingerprint density at radius 1 is 1.71 bits per heavy atom. The second-order valence-electron chi connectivity index (χ2n) is 3.51. The summed E-state index contributed by atoms with van der Waals surface area (Å²) in [7, 11) is 1.96. The fourth-order valence-electron chi connectivity index (χ4n) is 1.39. The third-order valence-corrected chi connectivity index (χ3v) is 2.25. The standard InChI is InChI=1S/C10H16N2O2/c1-12-6-2-3-9(12)7-8(11)4-5-10(13)14/h2-3,6,8H,4-5,7,11H2,1H3,(H,13,14). The van der Waals surface area contributed by atoms with Gasteiger partial charge >= 0.3 is 5.97 Å². The van der Waals surface area contributed by atoms with Crippen molar-refractivity contribution in [2.75, 3.05) is 0 Å². The smallest absolute Gasteiger partial charge is 0.303 e. The maximum atomic E-state index is 10.3. The van der Waals surface area contributed by atoms with Crippen LogP contribution in [0.15, 0.2) is 18.3 Å². The molecule has 0 saturated carbocycles. The van der Waals surface area contributed by atoms with Gasteiger partial charge in [0.1, 0.15) is 0 Å². The fourth-order valence-corrected chi connectivity index (χ4v) is 1.39. The van der Waals surface area contributed by atoms with Crippen LogP contribution >= 0.6 is 0 Å². The Hall–Kier alpha value is -1.29. The number of carbonyl (C=O) groups is 1. The van der Waals surface area contributed by atoms with Crippen molar-refractivity contribution in [3.05, 3.63) is 24.0 Å². The topological polar surface area (TPSA) is 68.2 Å². The van der Waals surface area contributed by atoms with Crippen molar-refractivity contribution in [3.8, 4) is 0 Å². The second-order valence-corrected chi connectivity index (χ2v) is 3.51. The molecule has 0 aromatic carbocycles. The minimum atomic E-state index is -0.785. The minimum Gasteiger partial charge on any atom is -0.481 e. The Morgan fingerprint density at radius 2 is 2.43 bits per heavy atom. The Kier molecular flexibility index (Phi) is 3.71. The van der Waals surface area contributed by atoms with E-state index in [4.69, 9.17) is 10.8 Å². The normalized spacial score (nSPS) is 12.7. The van der Waals surface area contributed by atoms with Crippen LogP contribution in [0.1, 0.15) is 18.5 Å². The lowest BCUT2D eigenvalue weighted by Gasteiger charge is -2.10. The maximum absolute atomic E-state index is 10.3. The van der Waals surface area contributed by atoms with Crippen molar-refractivity contribution < 1.29 is 9.90 Å². The van der Waals surface area contributed by atoms with Gasteiger partial charge in [0.2, 0.25) is 0 Å². The molecule has 4 heteroatoms. The number of aromatic nitrogens is 1. The number of hydrogen-bond acceptors (Lipinski definition) is 2. The average Bonchev–Trinajstić information content (AvgIpc) is 2.49. The van der Waals surface area contributed by atoms with Gasteiger partial charge < -0.3 is 15.4 Å². The number of aryl methyl sites for hydroxylation is 1. The van der Waals surface area contributed by atoms with Gasteiger partial charge in [0.25, 0.3) is 0 Å². The molecule has 0 aliphatic carbocycles. The first-order valence-corrected chi connectivity index (χ1v) is 4.67. The zero-order valence-corrected chi connectivity index (χ0v) is 8.31. The summed E-state index contributed by atoms with van der Waals surface area (Å²) in [6.07, 6.45) is 3.36. The number of aliphatic carboxylic acids is 1. The molecule has 0 saturated heterocycles. The molecule has 1 heterocycles. The predicted octanol–water partition coefficient (Wildman–Crippen LogP) is 0.760. The average molecular weight is 196 g/mol. The van der Waals surface area contributed by atoms with Crippen LogP contribution in [0.5, 0.6) is 0 Å². The Morgan fingerprint density at radius 3 is 2.93 bits per heavy atom.